The standard InChI is InChI=1S/C32H42N4O/c1-20(2)25-11-10-23(5)30(18-25)35-14-13-29-28(19-35)32(36-15-12-26(37-7)17-24(36)6)34-31(33-29)27-16-21(3)8-9-22(27)4/h8-11,16,18,20,24,26H,12-15,17,19H2,1-7H3. The molecule has 3 aromatic rings. The Morgan fingerprint density at radius 1 is 0.973 bits per heavy atom. The SMILES string of the molecule is COC1CCN(c2nc(-c3cc(C)ccc3C)nc3c2CN(c2cc(C(C)C)ccc2C)CC3)C(C)C1. The lowest BCUT2D eigenvalue weighted by molar-refractivity contribution is 0.0719. The smallest absolute Gasteiger partial charge is 0.162 e. The third kappa shape index (κ3) is 5.11. The third-order valence-corrected chi connectivity index (χ3v) is 8.35. The zero-order valence-corrected chi connectivity index (χ0v) is 23.6. The Morgan fingerprint density at radius 3 is 2.49 bits per heavy atom. The number of ether oxygens (including phenoxy) is 1. The van der Waals surface area contributed by atoms with Gasteiger partial charge in [-0.1, -0.05) is 43.7 Å². The van der Waals surface area contributed by atoms with E-state index >= 15 is 0 Å². The quantitative estimate of drug-likeness (QED) is 0.389. The van der Waals surface area contributed by atoms with E-state index in [1.165, 1.54) is 39.2 Å². The van der Waals surface area contributed by atoms with Crippen molar-refractivity contribution in [3.05, 3.63) is 69.9 Å². The summed E-state index contributed by atoms with van der Waals surface area (Å²) in [4.78, 5) is 15.6. The summed E-state index contributed by atoms with van der Waals surface area (Å²) in [5.41, 5.74) is 10.2. The summed E-state index contributed by atoms with van der Waals surface area (Å²) in [6, 6.07) is 13.9. The first-order valence-corrected chi connectivity index (χ1v) is 13.9. The van der Waals surface area contributed by atoms with Gasteiger partial charge in [0, 0.05) is 56.0 Å². The minimum Gasteiger partial charge on any atom is -0.381 e. The summed E-state index contributed by atoms with van der Waals surface area (Å²) >= 11 is 0. The molecule has 0 amide bonds. The van der Waals surface area contributed by atoms with Crippen molar-refractivity contribution in [3.8, 4) is 11.4 Å². The van der Waals surface area contributed by atoms with Crippen LogP contribution < -0.4 is 9.80 Å². The second-order valence-electron chi connectivity index (χ2n) is 11.4. The van der Waals surface area contributed by atoms with Gasteiger partial charge in [0.05, 0.1) is 11.8 Å². The van der Waals surface area contributed by atoms with Crippen molar-refractivity contribution in [1.29, 1.82) is 0 Å². The van der Waals surface area contributed by atoms with E-state index in [2.05, 4.69) is 87.7 Å². The average molecular weight is 499 g/mol. The van der Waals surface area contributed by atoms with Gasteiger partial charge >= 0.3 is 0 Å². The highest BCUT2D eigenvalue weighted by atomic mass is 16.5. The molecule has 1 fully saturated rings. The molecule has 3 heterocycles. The number of fused-ring (bicyclic) bond motifs is 1. The molecule has 1 aromatic heterocycles. The maximum absolute atomic E-state index is 5.73. The van der Waals surface area contributed by atoms with Crippen LogP contribution in [0.1, 0.15) is 73.0 Å². The van der Waals surface area contributed by atoms with Crippen molar-refractivity contribution in [2.75, 3.05) is 30.0 Å². The van der Waals surface area contributed by atoms with Crippen molar-refractivity contribution in [3.63, 3.8) is 0 Å². The lowest BCUT2D eigenvalue weighted by atomic mass is 9.96. The lowest BCUT2D eigenvalue weighted by Gasteiger charge is -2.41. The number of hydrogen-bond donors (Lipinski definition) is 0. The molecular weight excluding hydrogens is 456 g/mol. The van der Waals surface area contributed by atoms with E-state index in [0.29, 0.717) is 18.1 Å². The first-order valence-electron chi connectivity index (χ1n) is 13.9. The number of rotatable bonds is 5. The predicted octanol–water partition coefficient (Wildman–Crippen LogP) is 6.76. The van der Waals surface area contributed by atoms with Crippen molar-refractivity contribution in [1.82, 2.24) is 9.97 Å². The van der Waals surface area contributed by atoms with E-state index < -0.39 is 0 Å². The van der Waals surface area contributed by atoms with Crippen LogP contribution in [0, 0.1) is 20.8 Å². The largest absolute Gasteiger partial charge is 0.381 e. The number of benzene rings is 2. The summed E-state index contributed by atoms with van der Waals surface area (Å²) < 4.78 is 5.73. The molecule has 0 bridgehead atoms. The molecule has 5 nitrogen and oxygen atoms in total. The van der Waals surface area contributed by atoms with E-state index in [-0.39, 0.29) is 0 Å². The normalized spacial score (nSPS) is 19.9. The Morgan fingerprint density at radius 2 is 1.76 bits per heavy atom. The molecule has 0 radical (unpaired) electrons. The Kier molecular flexibility index (Phi) is 7.26. The molecular formula is C32H42N4O. The number of aromatic nitrogens is 2. The van der Waals surface area contributed by atoms with Crippen molar-refractivity contribution in [2.24, 2.45) is 0 Å². The van der Waals surface area contributed by atoms with Gasteiger partial charge in [0.1, 0.15) is 5.82 Å². The van der Waals surface area contributed by atoms with Crippen LogP contribution in [0.5, 0.6) is 0 Å². The number of nitrogens with zero attached hydrogens (tertiary/aromatic N) is 4. The minimum absolute atomic E-state index is 0.320. The average Bonchev–Trinajstić information content (AvgIpc) is 2.89. The third-order valence-electron chi connectivity index (χ3n) is 8.35. The number of aryl methyl sites for hydroxylation is 3. The molecule has 37 heavy (non-hydrogen) atoms. The zero-order chi connectivity index (χ0) is 26.3. The van der Waals surface area contributed by atoms with Gasteiger partial charge in [0.25, 0.3) is 0 Å². The van der Waals surface area contributed by atoms with E-state index in [0.717, 1.165) is 56.1 Å². The Bertz CT molecular complexity index is 1280. The van der Waals surface area contributed by atoms with Gasteiger partial charge in [0.15, 0.2) is 5.82 Å². The predicted molar refractivity (Wildman–Crippen MR) is 154 cm³/mol. The van der Waals surface area contributed by atoms with E-state index in [4.69, 9.17) is 14.7 Å². The fraction of sp³-hybridized carbons (Fsp3) is 0.500. The van der Waals surface area contributed by atoms with Gasteiger partial charge in [-0.2, -0.15) is 0 Å². The number of anilines is 2. The molecule has 0 spiro atoms. The zero-order valence-electron chi connectivity index (χ0n) is 23.6. The van der Waals surface area contributed by atoms with E-state index in [9.17, 15) is 0 Å². The first-order chi connectivity index (χ1) is 17.7. The van der Waals surface area contributed by atoms with Crippen molar-refractivity contribution in [2.45, 2.75) is 85.4 Å². The number of methoxy groups -OCH3 is 1. The molecule has 2 aliphatic heterocycles. The van der Waals surface area contributed by atoms with Gasteiger partial charge in [-0.05, 0) is 75.3 Å². The molecule has 0 N–H and O–H groups in total. The first kappa shape index (κ1) is 25.7. The fourth-order valence-electron chi connectivity index (χ4n) is 5.92. The second kappa shape index (κ2) is 10.4. The van der Waals surface area contributed by atoms with E-state index in [1.807, 2.05) is 7.11 Å². The van der Waals surface area contributed by atoms with Crippen LogP contribution in [0.15, 0.2) is 36.4 Å². The molecule has 5 rings (SSSR count). The second-order valence-corrected chi connectivity index (χ2v) is 11.4. The van der Waals surface area contributed by atoms with Crippen LogP contribution in [0.2, 0.25) is 0 Å². The summed E-state index contributed by atoms with van der Waals surface area (Å²) in [5.74, 6) is 2.49. The molecule has 2 aliphatic rings. The maximum Gasteiger partial charge on any atom is 0.162 e. The van der Waals surface area contributed by atoms with Crippen LogP contribution >= 0.6 is 0 Å². The van der Waals surface area contributed by atoms with Crippen LogP contribution in [-0.2, 0) is 17.7 Å². The van der Waals surface area contributed by atoms with Gasteiger partial charge in [0.2, 0.25) is 0 Å². The minimum atomic E-state index is 0.320. The van der Waals surface area contributed by atoms with Crippen LogP contribution in [-0.4, -0.2) is 42.3 Å². The van der Waals surface area contributed by atoms with Crippen molar-refractivity contribution >= 4 is 11.5 Å². The van der Waals surface area contributed by atoms with Crippen LogP contribution in [0.4, 0.5) is 11.5 Å². The Labute approximate surface area is 222 Å². The highest BCUT2D eigenvalue weighted by Crippen LogP contribution is 2.37. The fourth-order valence-corrected chi connectivity index (χ4v) is 5.92. The van der Waals surface area contributed by atoms with Gasteiger partial charge in [-0.25, -0.2) is 9.97 Å². The topological polar surface area (TPSA) is 41.5 Å². The number of hydrogen-bond acceptors (Lipinski definition) is 5. The molecule has 5 heteroatoms. The molecule has 2 unspecified atom stereocenters. The summed E-state index contributed by atoms with van der Waals surface area (Å²) in [6.45, 7) is 16.2. The maximum atomic E-state index is 5.73. The van der Waals surface area contributed by atoms with Crippen molar-refractivity contribution < 1.29 is 4.74 Å². The molecule has 1 saturated heterocycles. The van der Waals surface area contributed by atoms with E-state index in [1.54, 1.807) is 0 Å². The van der Waals surface area contributed by atoms with Gasteiger partial charge in [-0.15, -0.1) is 0 Å². The lowest BCUT2D eigenvalue weighted by Crippen LogP contribution is -2.45. The monoisotopic (exact) mass is 498 g/mol. The summed E-state index contributed by atoms with van der Waals surface area (Å²) in [7, 11) is 1.84. The summed E-state index contributed by atoms with van der Waals surface area (Å²) in [6.07, 6.45) is 3.29. The Balaban J connectivity index is 1.59. The number of piperidine rings is 1. The summed E-state index contributed by atoms with van der Waals surface area (Å²) in [5, 5.41) is 0. The highest BCUT2D eigenvalue weighted by molar-refractivity contribution is 5.67. The Hall–Kier alpha value is -2.92. The highest BCUT2D eigenvalue weighted by Gasteiger charge is 2.32. The van der Waals surface area contributed by atoms with Crippen LogP contribution in [0.3, 0.4) is 0 Å². The van der Waals surface area contributed by atoms with Crippen LogP contribution in [0.25, 0.3) is 11.4 Å². The van der Waals surface area contributed by atoms with Gasteiger partial charge in [-0.3, -0.25) is 0 Å². The molecule has 2 atom stereocenters. The molecule has 0 aliphatic carbocycles. The van der Waals surface area contributed by atoms with Gasteiger partial charge < -0.3 is 14.5 Å². The molecule has 2 aromatic carbocycles. The molecule has 0 saturated carbocycles. The molecule has 196 valence electrons.